The van der Waals surface area contributed by atoms with Crippen molar-refractivity contribution in [2.24, 2.45) is 5.92 Å². The number of amides is 1. The first kappa shape index (κ1) is 18.4. The number of carbonyl (C=O) groups excluding carboxylic acids is 1. The molecule has 0 aliphatic carbocycles. The third-order valence-electron chi connectivity index (χ3n) is 4.09. The van der Waals surface area contributed by atoms with Crippen LogP contribution >= 0.6 is 11.3 Å². The Morgan fingerprint density at radius 1 is 1.43 bits per heavy atom. The van der Waals surface area contributed by atoms with Gasteiger partial charge in [0.1, 0.15) is 0 Å². The molecule has 6 heteroatoms. The van der Waals surface area contributed by atoms with Crippen molar-refractivity contribution in [1.29, 1.82) is 0 Å². The van der Waals surface area contributed by atoms with Crippen molar-refractivity contribution in [2.45, 2.75) is 59.3 Å². The zero-order valence-corrected chi connectivity index (χ0v) is 15.7. The Kier molecular flexibility index (Phi) is 6.56. The van der Waals surface area contributed by atoms with Crippen molar-refractivity contribution in [1.82, 2.24) is 15.2 Å². The summed E-state index contributed by atoms with van der Waals surface area (Å²) in [6.07, 6.45) is 1.13. The van der Waals surface area contributed by atoms with Gasteiger partial charge in [0.25, 0.3) is 0 Å². The van der Waals surface area contributed by atoms with Gasteiger partial charge in [-0.3, -0.25) is 9.69 Å². The van der Waals surface area contributed by atoms with Crippen LogP contribution in [0.25, 0.3) is 0 Å². The van der Waals surface area contributed by atoms with Crippen LogP contribution in [0.1, 0.15) is 38.4 Å². The smallest absolute Gasteiger partial charge is 0.237 e. The predicted octanol–water partition coefficient (Wildman–Crippen LogP) is 2.24. The van der Waals surface area contributed by atoms with Crippen LogP contribution in [0.4, 0.5) is 0 Å². The van der Waals surface area contributed by atoms with E-state index in [1.54, 1.807) is 11.3 Å². The second kappa shape index (κ2) is 8.22. The summed E-state index contributed by atoms with van der Waals surface area (Å²) in [5.74, 6) is 0.391. The highest BCUT2D eigenvalue weighted by atomic mass is 32.1. The molecule has 1 aromatic heterocycles. The largest absolute Gasteiger partial charge is 0.373 e. The number of hydrogen-bond acceptors (Lipinski definition) is 5. The van der Waals surface area contributed by atoms with Gasteiger partial charge in [0, 0.05) is 31.4 Å². The molecule has 0 radical (unpaired) electrons. The van der Waals surface area contributed by atoms with E-state index in [4.69, 9.17) is 4.74 Å². The molecule has 0 saturated carbocycles. The average Bonchev–Trinajstić information content (AvgIpc) is 2.83. The number of aryl methyl sites for hydroxylation is 1. The highest BCUT2D eigenvalue weighted by Crippen LogP contribution is 2.18. The van der Waals surface area contributed by atoms with Crippen molar-refractivity contribution >= 4 is 17.2 Å². The zero-order valence-electron chi connectivity index (χ0n) is 14.8. The molecule has 3 unspecified atom stereocenters. The van der Waals surface area contributed by atoms with Crippen LogP contribution < -0.4 is 5.32 Å². The van der Waals surface area contributed by atoms with Crippen molar-refractivity contribution in [3.05, 3.63) is 16.1 Å². The minimum Gasteiger partial charge on any atom is -0.373 e. The second-order valence-electron chi connectivity index (χ2n) is 6.80. The fourth-order valence-electron chi connectivity index (χ4n) is 3.28. The molecule has 130 valence electrons. The lowest BCUT2D eigenvalue weighted by Crippen LogP contribution is -2.57. The molecule has 1 amide bonds. The van der Waals surface area contributed by atoms with Gasteiger partial charge >= 0.3 is 0 Å². The Bertz CT molecular complexity index is 508. The van der Waals surface area contributed by atoms with Gasteiger partial charge in [-0.05, 0) is 26.7 Å². The number of rotatable bonds is 6. The van der Waals surface area contributed by atoms with E-state index in [1.165, 1.54) is 0 Å². The van der Waals surface area contributed by atoms with E-state index in [1.807, 2.05) is 6.92 Å². The Balaban J connectivity index is 1.90. The molecule has 1 aliphatic heterocycles. The number of aromatic nitrogens is 1. The summed E-state index contributed by atoms with van der Waals surface area (Å²) in [5, 5.41) is 6.23. The monoisotopic (exact) mass is 339 g/mol. The summed E-state index contributed by atoms with van der Waals surface area (Å²) >= 11 is 1.65. The lowest BCUT2D eigenvalue weighted by Gasteiger charge is -2.41. The van der Waals surface area contributed by atoms with E-state index in [2.05, 4.69) is 48.3 Å². The molecule has 1 fully saturated rings. The number of ether oxygens (including phenoxy) is 1. The van der Waals surface area contributed by atoms with Gasteiger partial charge in [0.05, 0.1) is 29.0 Å². The molecular weight excluding hydrogens is 310 g/mol. The second-order valence-corrected chi connectivity index (χ2v) is 7.86. The van der Waals surface area contributed by atoms with Crippen LogP contribution in [0.15, 0.2) is 5.38 Å². The molecule has 2 rings (SSSR count). The Morgan fingerprint density at radius 3 is 2.61 bits per heavy atom. The maximum absolute atomic E-state index is 12.7. The van der Waals surface area contributed by atoms with Crippen molar-refractivity contribution in [3.63, 3.8) is 0 Å². The molecule has 2 heterocycles. The van der Waals surface area contributed by atoms with E-state index in [-0.39, 0.29) is 30.1 Å². The molecule has 23 heavy (non-hydrogen) atoms. The van der Waals surface area contributed by atoms with Crippen LogP contribution in [0.5, 0.6) is 0 Å². The normalized spacial score (nSPS) is 23.9. The summed E-state index contributed by atoms with van der Waals surface area (Å²) in [5.41, 5.74) is 1.06. The Morgan fingerprint density at radius 2 is 2.09 bits per heavy atom. The first-order valence-electron chi connectivity index (χ1n) is 8.45. The average molecular weight is 340 g/mol. The van der Waals surface area contributed by atoms with E-state index >= 15 is 0 Å². The molecule has 5 nitrogen and oxygen atoms in total. The summed E-state index contributed by atoms with van der Waals surface area (Å²) in [4.78, 5) is 19.4. The highest BCUT2D eigenvalue weighted by molar-refractivity contribution is 7.09. The summed E-state index contributed by atoms with van der Waals surface area (Å²) < 4.78 is 5.79. The quantitative estimate of drug-likeness (QED) is 0.864. The molecule has 1 aliphatic rings. The molecule has 0 spiro atoms. The third kappa shape index (κ3) is 5.26. The SMILES string of the molecule is Cc1nc(CCNC(=O)C(C(C)C)N2CC(C)OC(C)C2)cs1. The Labute approximate surface area is 143 Å². The zero-order chi connectivity index (χ0) is 17.0. The van der Waals surface area contributed by atoms with E-state index in [0.717, 1.165) is 30.2 Å². The number of nitrogens with one attached hydrogen (secondary N) is 1. The van der Waals surface area contributed by atoms with Gasteiger partial charge < -0.3 is 10.1 Å². The van der Waals surface area contributed by atoms with Crippen LogP contribution in [-0.2, 0) is 16.0 Å². The van der Waals surface area contributed by atoms with Crippen molar-refractivity contribution in [3.8, 4) is 0 Å². The molecule has 0 bridgehead atoms. The van der Waals surface area contributed by atoms with Gasteiger partial charge in [0.15, 0.2) is 0 Å². The summed E-state index contributed by atoms with van der Waals surface area (Å²) in [6, 6.07) is -0.0963. The summed E-state index contributed by atoms with van der Waals surface area (Å²) in [7, 11) is 0. The minimum atomic E-state index is -0.0963. The molecule has 1 saturated heterocycles. The molecule has 3 atom stereocenters. The topological polar surface area (TPSA) is 54.5 Å². The molecular formula is C17H29N3O2S. The van der Waals surface area contributed by atoms with Gasteiger partial charge in [-0.1, -0.05) is 13.8 Å². The highest BCUT2D eigenvalue weighted by Gasteiger charge is 2.33. The number of thiazole rings is 1. The van der Waals surface area contributed by atoms with Crippen molar-refractivity contribution < 1.29 is 9.53 Å². The van der Waals surface area contributed by atoms with E-state index in [9.17, 15) is 4.79 Å². The number of nitrogens with zero attached hydrogens (tertiary/aromatic N) is 2. The standard InChI is InChI=1S/C17H29N3O2S/c1-11(2)16(20-8-12(3)22-13(4)9-20)17(21)18-7-6-15-10-23-14(5)19-15/h10-13,16H,6-9H2,1-5H3,(H,18,21). The number of hydrogen-bond donors (Lipinski definition) is 1. The molecule has 1 N–H and O–H groups in total. The molecule has 0 aromatic carbocycles. The predicted molar refractivity (Wildman–Crippen MR) is 93.8 cm³/mol. The number of carbonyl (C=O) groups is 1. The van der Waals surface area contributed by atoms with Crippen LogP contribution in [0.3, 0.4) is 0 Å². The minimum absolute atomic E-state index is 0.0963. The summed E-state index contributed by atoms with van der Waals surface area (Å²) in [6.45, 7) is 12.6. The first-order chi connectivity index (χ1) is 10.9. The van der Waals surface area contributed by atoms with Crippen LogP contribution in [-0.4, -0.2) is 53.7 Å². The fourth-order valence-corrected chi connectivity index (χ4v) is 3.92. The van der Waals surface area contributed by atoms with Crippen LogP contribution in [0, 0.1) is 12.8 Å². The van der Waals surface area contributed by atoms with Gasteiger partial charge in [-0.2, -0.15) is 0 Å². The lowest BCUT2D eigenvalue weighted by atomic mass is 9.99. The van der Waals surface area contributed by atoms with Crippen LogP contribution in [0.2, 0.25) is 0 Å². The van der Waals surface area contributed by atoms with Gasteiger partial charge in [-0.25, -0.2) is 4.98 Å². The fraction of sp³-hybridized carbons (Fsp3) is 0.765. The van der Waals surface area contributed by atoms with Crippen molar-refractivity contribution in [2.75, 3.05) is 19.6 Å². The molecule has 1 aromatic rings. The first-order valence-corrected chi connectivity index (χ1v) is 9.33. The van der Waals surface area contributed by atoms with E-state index < -0.39 is 0 Å². The maximum Gasteiger partial charge on any atom is 0.237 e. The lowest BCUT2D eigenvalue weighted by molar-refractivity contribution is -0.135. The number of morpholine rings is 1. The van der Waals surface area contributed by atoms with Gasteiger partial charge in [0.2, 0.25) is 5.91 Å². The Hall–Kier alpha value is -0.980. The van der Waals surface area contributed by atoms with E-state index in [0.29, 0.717) is 6.54 Å². The maximum atomic E-state index is 12.7. The third-order valence-corrected chi connectivity index (χ3v) is 4.91. The van der Waals surface area contributed by atoms with Gasteiger partial charge in [-0.15, -0.1) is 11.3 Å².